The van der Waals surface area contributed by atoms with Crippen LogP contribution in [0, 0.1) is 17.2 Å². The highest BCUT2D eigenvalue weighted by atomic mass is 16.5. The summed E-state index contributed by atoms with van der Waals surface area (Å²) < 4.78 is 5.56. The average molecular weight is 329 g/mol. The number of benzene rings is 1. The van der Waals surface area contributed by atoms with Gasteiger partial charge in [0.05, 0.1) is 18.6 Å². The standard InChI is InChI=1S/C18H23N3O3/c1-13(2)21-12-14(10-17(21)22)18(23)20-15-6-5-7-16(11-15)24-9-4-3-8-19/h5-7,11,13-14H,3-4,9-10,12H2,1-2H3,(H,20,23). The molecule has 2 rings (SSSR count). The second-order valence-electron chi connectivity index (χ2n) is 6.17. The monoisotopic (exact) mass is 329 g/mol. The molecule has 1 aromatic rings. The number of nitrogens with one attached hydrogen (secondary N) is 1. The number of unbranched alkanes of at least 4 members (excludes halogenated alkanes) is 1. The molecule has 1 heterocycles. The van der Waals surface area contributed by atoms with Crippen molar-refractivity contribution in [3.63, 3.8) is 0 Å². The van der Waals surface area contributed by atoms with Gasteiger partial charge in [0.15, 0.2) is 0 Å². The van der Waals surface area contributed by atoms with Crippen molar-refractivity contribution in [3.05, 3.63) is 24.3 Å². The number of hydrogen-bond acceptors (Lipinski definition) is 4. The summed E-state index contributed by atoms with van der Waals surface area (Å²) in [5, 5.41) is 11.4. The average Bonchev–Trinajstić information content (AvgIpc) is 2.94. The van der Waals surface area contributed by atoms with E-state index in [0.717, 1.165) is 0 Å². The van der Waals surface area contributed by atoms with E-state index in [9.17, 15) is 9.59 Å². The molecule has 1 unspecified atom stereocenters. The molecule has 1 aliphatic heterocycles. The van der Waals surface area contributed by atoms with Gasteiger partial charge in [0.1, 0.15) is 5.75 Å². The molecular formula is C18H23N3O3. The summed E-state index contributed by atoms with van der Waals surface area (Å²) >= 11 is 0. The van der Waals surface area contributed by atoms with Crippen LogP contribution < -0.4 is 10.1 Å². The lowest BCUT2D eigenvalue weighted by atomic mass is 10.1. The lowest BCUT2D eigenvalue weighted by Crippen LogP contribution is -2.33. The van der Waals surface area contributed by atoms with Crippen LogP contribution in [0.5, 0.6) is 5.75 Å². The molecule has 0 radical (unpaired) electrons. The van der Waals surface area contributed by atoms with Gasteiger partial charge in [-0.25, -0.2) is 0 Å². The van der Waals surface area contributed by atoms with Gasteiger partial charge in [-0.2, -0.15) is 5.26 Å². The van der Waals surface area contributed by atoms with Crippen LogP contribution in [0.15, 0.2) is 24.3 Å². The zero-order valence-corrected chi connectivity index (χ0v) is 14.1. The molecule has 0 saturated carbocycles. The van der Waals surface area contributed by atoms with Crippen molar-refractivity contribution < 1.29 is 14.3 Å². The van der Waals surface area contributed by atoms with E-state index in [1.807, 2.05) is 19.9 Å². The third kappa shape index (κ3) is 4.72. The molecular weight excluding hydrogens is 306 g/mol. The van der Waals surface area contributed by atoms with Gasteiger partial charge < -0.3 is 15.0 Å². The van der Waals surface area contributed by atoms with Gasteiger partial charge >= 0.3 is 0 Å². The number of hydrogen-bond donors (Lipinski definition) is 1. The molecule has 1 N–H and O–H groups in total. The Morgan fingerprint density at radius 1 is 1.50 bits per heavy atom. The van der Waals surface area contributed by atoms with E-state index in [1.165, 1.54) is 0 Å². The molecule has 6 heteroatoms. The second-order valence-corrected chi connectivity index (χ2v) is 6.17. The van der Waals surface area contributed by atoms with Crippen molar-refractivity contribution in [1.82, 2.24) is 4.90 Å². The summed E-state index contributed by atoms with van der Waals surface area (Å²) in [6.45, 7) is 4.83. The normalized spacial score (nSPS) is 17.0. The Labute approximate surface area is 142 Å². The number of amides is 2. The highest BCUT2D eigenvalue weighted by Crippen LogP contribution is 2.23. The Balaban J connectivity index is 1.90. The van der Waals surface area contributed by atoms with Gasteiger partial charge in [0, 0.05) is 37.2 Å². The van der Waals surface area contributed by atoms with E-state index < -0.39 is 0 Å². The Bertz CT molecular complexity index is 637. The fraction of sp³-hybridized carbons (Fsp3) is 0.500. The number of likely N-dealkylation sites (tertiary alicyclic amines) is 1. The number of nitrogens with zero attached hydrogens (tertiary/aromatic N) is 2. The third-order valence-electron chi connectivity index (χ3n) is 3.96. The number of nitriles is 1. The summed E-state index contributed by atoms with van der Waals surface area (Å²) in [7, 11) is 0. The van der Waals surface area contributed by atoms with Crippen molar-refractivity contribution in [2.75, 3.05) is 18.5 Å². The molecule has 24 heavy (non-hydrogen) atoms. The van der Waals surface area contributed by atoms with Crippen LogP contribution in [0.1, 0.15) is 33.1 Å². The molecule has 1 aromatic carbocycles. The maximum atomic E-state index is 12.4. The maximum absolute atomic E-state index is 12.4. The van der Waals surface area contributed by atoms with Crippen molar-refractivity contribution in [2.24, 2.45) is 5.92 Å². The quantitative estimate of drug-likeness (QED) is 0.779. The highest BCUT2D eigenvalue weighted by molar-refractivity contribution is 5.97. The Hall–Kier alpha value is -2.55. The van der Waals surface area contributed by atoms with Crippen molar-refractivity contribution in [3.8, 4) is 11.8 Å². The molecule has 1 aliphatic rings. The van der Waals surface area contributed by atoms with Crippen molar-refractivity contribution in [2.45, 2.75) is 39.2 Å². The van der Waals surface area contributed by atoms with E-state index in [0.29, 0.717) is 37.4 Å². The summed E-state index contributed by atoms with van der Waals surface area (Å²) in [6, 6.07) is 9.33. The minimum Gasteiger partial charge on any atom is -0.493 e. The fourth-order valence-corrected chi connectivity index (χ4v) is 2.66. The van der Waals surface area contributed by atoms with Crippen LogP contribution in [0.25, 0.3) is 0 Å². The van der Waals surface area contributed by atoms with E-state index in [4.69, 9.17) is 10.00 Å². The van der Waals surface area contributed by atoms with Gasteiger partial charge in [-0.1, -0.05) is 6.07 Å². The van der Waals surface area contributed by atoms with Gasteiger partial charge in [-0.15, -0.1) is 0 Å². The van der Waals surface area contributed by atoms with E-state index in [1.54, 1.807) is 23.1 Å². The predicted octanol–water partition coefficient (Wildman–Crippen LogP) is 2.56. The van der Waals surface area contributed by atoms with E-state index in [-0.39, 0.29) is 30.2 Å². The van der Waals surface area contributed by atoms with Crippen LogP contribution in [0.2, 0.25) is 0 Å². The third-order valence-corrected chi connectivity index (χ3v) is 3.96. The van der Waals surface area contributed by atoms with Crippen LogP contribution >= 0.6 is 0 Å². The first-order valence-corrected chi connectivity index (χ1v) is 8.21. The number of carbonyl (C=O) groups is 2. The second kappa shape index (κ2) is 8.34. The molecule has 6 nitrogen and oxygen atoms in total. The first-order chi connectivity index (χ1) is 11.5. The highest BCUT2D eigenvalue weighted by Gasteiger charge is 2.35. The Morgan fingerprint density at radius 2 is 2.29 bits per heavy atom. The zero-order chi connectivity index (χ0) is 17.5. The Morgan fingerprint density at radius 3 is 2.96 bits per heavy atom. The van der Waals surface area contributed by atoms with Crippen LogP contribution in [0.4, 0.5) is 5.69 Å². The van der Waals surface area contributed by atoms with Gasteiger partial charge in [0.25, 0.3) is 0 Å². The first kappa shape index (κ1) is 17.8. The largest absolute Gasteiger partial charge is 0.493 e. The summed E-state index contributed by atoms with van der Waals surface area (Å²) in [5.41, 5.74) is 0.647. The van der Waals surface area contributed by atoms with Gasteiger partial charge in [0.2, 0.25) is 11.8 Å². The summed E-state index contributed by atoms with van der Waals surface area (Å²) in [4.78, 5) is 26.0. The molecule has 1 atom stereocenters. The fourth-order valence-electron chi connectivity index (χ4n) is 2.66. The molecule has 1 fully saturated rings. The summed E-state index contributed by atoms with van der Waals surface area (Å²) in [5.74, 6) is 0.213. The molecule has 0 spiro atoms. The SMILES string of the molecule is CC(C)N1CC(C(=O)Nc2cccc(OCCCC#N)c2)CC1=O. The lowest BCUT2D eigenvalue weighted by Gasteiger charge is -2.20. The lowest BCUT2D eigenvalue weighted by molar-refractivity contribution is -0.129. The van der Waals surface area contributed by atoms with Gasteiger partial charge in [-0.3, -0.25) is 9.59 Å². The number of anilines is 1. The molecule has 1 saturated heterocycles. The minimum atomic E-state index is -0.319. The predicted molar refractivity (Wildman–Crippen MR) is 90.4 cm³/mol. The van der Waals surface area contributed by atoms with E-state index >= 15 is 0 Å². The number of rotatable bonds is 7. The van der Waals surface area contributed by atoms with Crippen molar-refractivity contribution >= 4 is 17.5 Å². The van der Waals surface area contributed by atoms with Crippen LogP contribution in [0.3, 0.4) is 0 Å². The number of carbonyl (C=O) groups excluding carboxylic acids is 2. The molecule has 0 aromatic heterocycles. The topological polar surface area (TPSA) is 82.4 Å². The molecule has 0 aliphatic carbocycles. The zero-order valence-electron chi connectivity index (χ0n) is 14.1. The molecule has 128 valence electrons. The summed E-state index contributed by atoms with van der Waals surface area (Å²) in [6.07, 6.45) is 1.38. The van der Waals surface area contributed by atoms with Gasteiger partial charge in [-0.05, 0) is 32.4 Å². The minimum absolute atomic E-state index is 0.0275. The molecule has 2 amide bonds. The smallest absolute Gasteiger partial charge is 0.229 e. The van der Waals surface area contributed by atoms with Crippen molar-refractivity contribution in [1.29, 1.82) is 5.26 Å². The maximum Gasteiger partial charge on any atom is 0.229 e. The van der Waals surface area contributed by atoms with Crippen LogP contribution in [-0.4, -0.2) is 35.9 Å². The Kier molecular flexibility index (Phi) is 6.19. The van der Waals surface area contributed by atoms with E-state index in [2.05, 4.69) is 11.4 Å². The molecule has 0 bridgehead atoms. The number of ether oxygens (including phenoxy) is 1. The first-order valence-electron chi connectivity index (χ1n) is 8.21. The van der Waals surface area contributed by atoms with Crippen LogP contribution in [-0.2, 0) is 9.59 Å².